The van der Waals surface area contributed by atoms with Gasteiger partial charge >= 0.3 is 0 Å². The van der Waals surface area contributed by atoms with Crippen LogP contribution in [-0.2, 0) is 16.3 Å². The van der Waals surface area contributed by atoms with Gasteiger partial charge in [-0.25, -0.2) is 8.42 Å². The van der Waals surface area contributed by atoms with Crippen LogP contribution in [0.3, 0.4) is 0 Å². The Bertz CT molecular complexity index is 1040. The van der Waals surface area contributed by atoms with Gasteiger partial charge in [-0.3, -0.25) is 0 Å². The van der Waals surface area contributed by atoms with Gasteiger partial charge < -0.3 is 21.7 Å². The Kier molecular flexibility index (Phi) is 10.0. The smallest absolute Gasteiger partial charge is 0.206 e. The van der Waals surface area contributed by atoms with Gasteiger partial charge in [0.1, 0.15) is 0 Å². The summed E-state index contributed by atoms with van der Waals surface area (Å²) in [7, 11) is -3.51. The van der Waals surface area contributed by atoms with E-state index in [1.54, 1.807) is 36.4 Å². The van der Waals surface area contributed by atoms with Crippen LogP contribution < -0.4 is 21.7 Å². The summed E-state index contributed by atoms with van der Waals surface area (Å²) in [5, 5.41) is 10.6. The standard InChI is InChI=1S/C26H37BrN4O2S/c1-3-20-16-23(13-15-29-19(2)18-31-26(28)17-20)30-14-12-21-4-8-24(9-5-21)34(32,33)25-10-6-22(27)7-11-25/h4-11,17,19-20,23,29-31H,3,12-16,18,28H2,1-2H3/b26-17-. The summed E-state index contributed by atoms with van der Waals surface area (Å²) in [5.41, 5.74) is 7.29. The van der Waals surface area contributed by atoms with Crippen molar-refractivity contribution in [3.05, 3.63) is 70.5 Å². The van der Waals surface area contributed by atoms with Gasteiger partial charge in [0.2, 0.25) is 9.84 Å². The van der Waals surface area contributed by atoms with Crippen molar-refractivity contribution in [1.29, 1.82) is 0 Å². The lowest BCUT2D eigenvalue weighted by atomic mass is 9.94. The highest BCUT2D eigenvalue weighted by molar-refractivity contribution is 9.10. The maximum Gasteiger partial charge on any atom is 0.206 e. The fourth-order valence-corrected chi connectivity index (χ4v) is 5.71. The highest BCUT2D eigenvalue weighted by atomic mass is 79.9. The molecule has 3 unspecified atom stereocenters. The summed E-state index contributed by atoms with van der Waals surface area (Å²) in [4.78, 5) is 0.620. The van der Waals surface area contributed by atoms with Crippen molar-refractivity contribution < 1.29 is 8.42 Å². The SMILES string of the molecule is CCC1/C=C(/N)NCC(C)NCCC(NCCc2ccc(S(=O)(=O)c3ccc(Br)cc3)cc2)C1. The number of hydrogen-bond donors (Lipinski definition) is 4. The molecule has 0 aromatic heterocycles. The third-order valence-corrected chi connectivity index (χ3v) is 8.64. The molecule has 1 heterocycles. The van der Waals surface area contributed by atoms with E-state index in [1.807, 2.05) is 12.1 Å². The second-order valence-electron chi connectivity index (χ2n) is 9.05. The summed E-state index contributed by atoms with van der Waals surface area (Å²) >= 11 is 3.35. The molecule has 0 amide bonds. The summed E-state index contributed by atoms with van der Waals surface area (Å²) in [5.74, 6) is 1.20. The Hall–Kier alpha value is -1.87. The molecule has 0 fully saturated rings. The number of nitrogens with one attached hydrogen (secondary N) is 3. The van der Waals surface area contributed by atoms with Gasteiger partial charge in [0, 0.05) is 23.1 Å². The van der Waals surface area contributed by atoms with Crippen molar-refractivity contribution in [3.8, 4) is 0 Å². The van der Waals surface area contributed by atoms with Crippen molar-refractivity contribution in [2.45, 2.75) is 61.4 Å². The molecule has 0 saturated carbocycles. The molecule has 2 aromatic carbocycles. The van der Waals surface area contributed by atoms with Crippen molar-refractivity contribution in [3.63, 3.8) is 0 Å². The summed E-state index contributed by atoms with van der Waals surface area (Å²) in [6.07, 6.45) is 6.16. The molecule has 34 heavy (non-hydrogen) atoms. The van der Waals surface area contributed by atoms with Gasteiger partial charge in [-0.1, -0.05) is 35.0 Å². The summed E-state index contributed by atoms with van der Waals surface area (Å²) in [6.45, 7) is 6.99. The molecule has 5 N–H and O–H groups in total. The first kappa shape index (κ1) is 26.7. The zero-order chi connectivity index (χ0) is 24.6. The molecule has 0 bridgehead atoms. The summed E-state index contributed by atoms with van der Waals surface area (Å²) < 4.78 is 26.6. The van der Waals surface area contributed by atoms with Crippen LogP contribution in [0.25, 0.3) is 0 Å². The van der Waals surface area contributed by atoms with Crippen LogP contribution >= 0.6 is 15.9 Å². The van der Waals surface area contributed by atoms with Crippen molar-refractivity contribution >= 4 is 25.8 Å². The van der Waals surface area contributed by atoms with Crippen LogP contribution in [-0.4, -0.2) is 40.1 Å². The van der Waals surface area contributed by atoms with E-state index >= 15 is 0 Å². The number of sulfone groups is 1. The number of hydrogen-bond acceptors (Lipinski definition) is 6. The highest BCUT2D eigenvalue weighted by Crippen LogP contribution is 2.23. The molecule has 0 spiro atoms. The molecule has 0 radical (unpaired) electrons. The number of allylic oxidation sites excluding steroid dienone is 1. The Balaban J connectivity index is 1.59. The quantitative estimate of drug-likeness (QED) is 0.418. The molecule has 1 aliphatic heterocycles. The van der Waals surface area contributed by atoms with Crippen LogP contribution in [0.15, 0.2) is 74.7 Å². The van der Waals surface area contributed by atoms with E-state index in [9.17, 15) is 8.42 Å². The van der Waals surface area contributed by atoms with Crippen LogP contribution in [0, 0.1) is 5.92 Å². The van der Waals surface area contributed by atoms with Gasteiger partial charge in [0.25, 0.3) is 0 Å². The molecule has 2 aromatic rings. The number of rotatable bonds is 7. The van der Waals surface area contributed by atoms with E-state index in [4.69, 9.17) is 5.73 Å². The average molecular weight is 550 g/mol. The topological polar surface area (TPSA) is 96.2 Å². The molecule has 8 heteroatoms. The molecule has 1 aliphatic rings. The minimum atomic E-state index is -3.51. The second-order valence-corrected chi connectivity index (χ2v) is 11.9. The number of nitrogens with two attached hydrogens (primary N) is 1. The van der Waals surface area contributed by atoms with E-state index in [0.29, 0.717) is 27.8 Å². The third kappa shape index (κ3) is 7.83. The molecule has 186 valence electrons. The highest BCUT2D eigenvalue weighted by Gasteiger charge is 2.18. The van der Waals surface area contributed by atoms with Crippen molar-refractivity contribution in [1.82, 2.24) is 16.0 Å². The van der Waals surface area contributed by atoms with Crippen molar-refractivity contribution in [2.24, 2.45) is 11.7 Å². The van der Waals surface area contributed by atoms with Gasteiger partial charge in [-0.05, 0) is 99.7 Å². The summed E-state index contributed by atoms with van der Waals surface area (Å²) in [6, 6.07) is 14.7. The lowest BCUT2D eigenvalue weighted by Crippen LogP contribution is -2.40. The Morgan fingerprint density at radius 2 is 1.74 bits per heavy atom. The predicted octanol–water partition coefficient (Wildman–Crippen LogP) is 3.97. The maximum absolute atomic E-state index is 12.9. The zero-order valence-corrected chi connectivity index (χ0v) is 22.5. The van der Waals surface area contributed by atoms with E-state index in [0.717, 1.165) is 61.2 Å². The van der Waals surface area contributed by atoms with Gasteiger partial charge in [-0.2, -0.15) is 0 Å². The lowest BCUT2D eigenvalue weighted by Gasteiger charge is -2.23. The third-order valence-electron chi connectivity index (χ3n) is 6.33. The van der Waals surface area contributed by atoms with Gasteiger partial charge in [0.05, 0.1) is 15.6 Å². The van der Waals surface area contributed by atoms with E-state index in [2.05, 4.69) is 51.8 Å². The van der Waals surface area contributed by atoms with Crippen LogP contribution in [0.2, 0.25) is 0 Å². The second kappa shape index (κ2) is 12.7. The molecule has 0 saturated heterocycles. The zero-order valence-electron chi connectivity index (χ0n) is 20.1. The van der Waals surface area contributed by atoms with Crippen LogP contribution in [0.5, 0.6) is 0 Å². The first-order valence-electron chi connectivity index (χ1n) is 12.1. The fraction of sp³-hybridized carbons (Fsp3) is 0.462. The average Bonchev–Trinajstić information content (AvgIpc) is 2.85. The van der Waals surface area contributed by atoms with E-state index in [-0.39, 0.29) is 0 Å². The minimum Gasteiger partial charge on any atom is -0.386 e. The molecule has 6 nitrogen and oxygen atoms in total. The van der Waals surface area contributed by atoms with Crippen LogP contribution in [0.1, 0.15) is 38.7 Å². The Morgan fingerprint density at radius 3 is 2.38 bits per heavy atom. The maximum atomic E-state index is 12.9. The largest absolute Gasteiger partial charge is 0.386 e. The van der Waals surface area contributed by atoms with E-state index < -0.39 is 9.84 Å². The molecular formula is C26H37BrN4O2S. The molecule has 0 aliphatic carbocycles. The molecule has 3 atom stereocenters. The number of halogens is 1. The van der Waals surface area contributed by atoms with Crippen LogP contribution in [0.4, 0.5) is 0 Å². The van der Waals surface area contributed by atoms with E-state index in [1.165, 1.54) is 0 Å². The van der Waals surface area contributed by atoms with Gasteiger partial charge in [0.15, 0.2) is 0 Å². The Morgan fingerprint density at radius 1 is 1.09 bits per heavy atom. The molecular weight excluding hydrogens is 512 g/mol. The fourth-order valence-electron chi connectivity index (χ4n) is 4.19. The Labute approximate surface area is 212 Å². The van der Waals surface area contributed by atoms with Crippen molar-refractivity contribution in [2.75, 3.05) is 19.6 Å². The minimum absolute atomic E-state index is 0.301. The lowest BCUT2D eigenvalue weighted by molar-refractivity contribution is 0.387. The molecule has 3 rings (SSSR count). The normalized spacial score (nSPS) is 23.9. The number of benzene rings is 2. The van der Waals surface area contributed by atoms with Gasteiger partial charge in [-0.15, -0.1) is 0 Å². The first-order chi connectivity index (χ1) is 16.3. The predicted molar refractivity (Wildman–Crippen MR) is 142 cm³/mol. The first-order valence-corrected chi connectivity index (χ1v) is 14.3. The monoisotopic (exact) mass is 548 g/mol.